The monoisotopic (exact) mass is 316 g/mol. The second kappa shape index (κ2) is 6.83. The van der Waals surface area contributed by atoms with Crippen molar-refractivity contribution < 1.29 is 17.5 Å². The van der Waals surface area contributed by atoms with Crippen molar-refractivity contribution in [2.75, 3.05) is 26.9 Å². The molecule has 1 saturated heterocycles. The Morgan fingerprint density at radius 3 is 2.33 bits per heavy atom. The van der Waals surface area contributed by atoms with Crippen LogP contribution in [0.2, 0.25) is 0 Å². The summed E-state index contributed by atoms with van der Waals surface area (Å²) in [4.78, 5) is 0.247. The first-order chi connectivity index (χ1) is 10.0. The number of methoxy groups -OCH3 is 1. The molecule has 1 heterocycles. The minimum absolute atomic E-state index is 0.247. The zero-order valence-electron chi connectivity index (χ0n) is 12.0. The minimum atomic E-state index is -3.43. The first-order valence-electron chi connectivity index (χ1n) is 6.95. The van der Waals surface area contributed by atoms with Gasteiger partial charge < -0.3 is 10.5 Å². The summed E-state index contributed by atoms with van der Waals surface area (Å²) in [6.45, 7) is 0.432. The molecule has 1 fully saturated rings. The summed E-state index contributed by atoms with van der Waals surface area (Å²) in [6, 6.07) is 5.55. The Hall–Kier alpha value is -1.02. The zero-order chi connectivity index (χ0) is 15.5. The second-order valence-electron chi connectivity index (χ2n) is 5.15. The highest BCUT2D eigenvalue weighted by Crippen LogP contribution is 2.25. The van der Waals surface area contributed by atoms with Crippen LogP contribution in [0.4, 0.5) is 4.39 Å². The summed E-state index contributed by atoms with van der Waals surface area (Å²) in [5.41, 5.74) is 6.33. The number of rotatable bonds is 6. The normalized spacial score (nSPS) is 19.6. The van der Waals surface area contributed by atoms with E-state index < -0.39 is 28.8 Å². The lowest BCUT2D eigenvalue weighted by atomic mass is 10.0. The lowest BCUT2D eigenvalue weighted by Crippen LogP contribution is -2.31. The van der Waals surface area contributed by atoms with Gasteiger partial charge in [-0.1, -0.05) is 12.1 Å². The average Bonchev–Trinajstić information content (AvgIpc) is 3.03. The number of hydrogen-bond donors (Lipinski definition) is 1. The predicted molar refractivity (Wildman–Crippen MR) is 78.1 cm³/mol. The third-order valence-corrected chi connectivity index (χ3v) is 5.65. The number of ether oxygens (including phenoxy) is 1. The summed E-state index contributed by atoms with van der Waals surface area (Å²) < 4.78 is 44.1. The summed E-state index contributed by atoms with van der Waals surface area (Å²) in [5.74, 6) is 0. The summed E-state index contributed by atoms with van der Waals surface area (Å²) in [5, 5.41) is 0. The van der Waals surface area contributed by atoms with Gasteiger partial charge in [0.1, 0.15) is 6.67 Å². The maximum atomic E-state index is 12.7. The van der Waals surface area contributed by atoms with E-state index in [-0.39, 0.29) is 4.90 Å². The molecule has 0 saturated carbocycles. The Morgan fingerprint density at radius 1 is 1.29 bits per heavy atom. The molecule has 7 heteroatoms. The van der Waals surface area contributed by atoms with Crippen molar-refractivity contribution in [3.05, 3.63) is 29.8 Å². The molecule has 2 atom stereocenters. The molecule has 0 radical (unpaired) electrons. The molecule has 21 heavy (non-hydrogen) atoms. The molecule has 1 aliphatic heterocycles. The third kappa shape index (κ3) is 3.42. The quantitative estimate of drug-likeness (QED) is 0.862. The van der Waals surface area contributed by atoms with E-state index in [1.54, 1.807) is 12.1 Å². The van der Waals surface area contributed by atoms with Gasteiger partial charge in [0.05, 0.1) is 17.0 Å². The summed E-state index contributed by atoms with van der Waals surface area (Å²) >= 11 is 0. The number of hydrogen-bond acceptors (Lipinski definition) is 4. The van der Waals surface area contributed by atoms with Crippen LogP contribution in [0.5, 0.6) is 0 Å². The summed E-state index contributed by atoms with van der Waals surface area (Å²) in [6.07, 6.45) is 1.21. The molecule has 0 amide bonds. The van der Waals surface area contributed by atoms with Gasteiger partial charge in [-0.25, -0.2) is 12.8 Å². The fraction of sp³-hybridized carbons (Fsp3) is 0.571. The molecular weight excluding hydrogens is 295 g/mol. The van der Waals surface area contributed by atoms with E-state index in [1.165, 1.54) is 23.5 Å². The number of nitrogens with zero attached hydrogens (tertiary/aromatic N) is 1. The Bertz CT molecular complexity index is 556. The number of alkyl halides is 1. The van der Waals surface area contributed by atoms with Crippen molar-refractivity contribution >= 4 is 10.0 Å². The number of sulfonamides is 1. The number of nitrogens with two attached hydrogens (primary N) is 1. The first kappa shape index (κ1) is 16.4. The lowest BCUT2D eigenvalue weighted by Gasteiger charge is -2.21. The molecule has 0 aromatic heterocycles. The molecule has 1 aromatic carbocycles. The molecule has 1 aliphatic rings. The van der Waals surface area contributed by atoms with Crippen LogP contribution in [0.1, 0.15) is 24.5 Å². The molecule has 0 spiro atoms. The smallest absolute Gasteiger partial charge is 0.243 e. The molecule has 2 N–H and O–H groups in total. The van der Waals surface area contributed by atoms with Crippen LogP contribution < -0.4 is 5.73 Å². The van der Waals surface area contributed by atoms with E-state index in [1.807, 2.05) is 0 Å². The third-order valence-electron chi connectivity index (χ3n) is 3.73. The minimum Gasteiger partial charge on any atom is -0.375 e. The van der Waals surface area contributed by atoms with Crippen molar-refractivity contribution in [2.24, 2.45) is 5.73 Å². The van der Waals surface area contributed by atoms with E-state index in [0.29, 0.717) is 18.7 Å². The molecule has 5 nitrogen and oxygen atoms in total. The molecule has 1 aromatic rings. The topological polar surface area (TPSA) is 72.6 Å². The fourth-order valence-electron chi connectivity index (χ4n) is 2.55. The fourth-order valence-corrected chi connectivity index (χ4v) is 4.06. The van der Waals surface area contributed by atoms with E-state index in [2.05, 4.69) is 0 Å². The Labute approximate surface area is 124 Å². The van der Waals surface area contributed by atoms with Crippen LogP contribution >= 0.6 is 0 Å². The van der Waals surface area contributed by atoms with Crippen LogP contribution in [0.15, 0.2) is 29.2 Å². The average molecular weight is 316 g/mol. The van der Waals surface area contributed by atoms with Crippen molar-refractivity contribution in [3.8, 4) is 0 Å². The maximum absolute atomic E-state index is 12.7. The zero-order valence-corrected chi connectivity index (χ0v) is 12.9. The Morgan fingerprint density at radius 2 is 1.86 bits per heavy atom. The van der Waals surface area contributed by atoms with Crippen LogP contribution in [-0.4, -0.2) is 45.6 Å². The van der Waals surface area contributed by atoms with E-state index >= 15 is 0 Å². The largest absolute Gasteiger partial charge is 0.375 e. The summed E-state index contributed by atoms with van der Waals surface area (Å²) in [7, 11) is -1.97. The molecule has 0 aliphatic carbocycles. The van der Waals surface area contributed by atoms with Crippen molar-refractivity contribution in [1.82, 2.24) is 4.31 Å². The lowest BCUT2D eigenvalue weighted by molar-refractivity contribution is 0.0720. The van der Waals surface area contributed by atoms with Gasteiger partial charge in [-0.3, -0.25) is 0 Å². The first-order valence-corrected chi connectivity index (χ1v) is 8.39. The molecular formula is C14H21FN2O3S. The standard InChI is InChI=1S/C14H21FN2O3S/c1-20-14(13(16)10-15)11-4-6-12(7-5-11)21(18,19)17-8-2-3-9-17/h4-7,13-14H,2-3,8-10,16H2,1H3/t13-,14-/m1/s1. The van der Waals surface area contributed by atoms with Crippen LogP contribution in [0, 0.1) is 0 Å². The van der Waals surface area contributed by atoms with E-state index in [4.69, 9.17) is 10.5 Å². The molecule has 118 valence electrons. The van der Waals surface area contributed by atoms with Gasteiger partial charge in [0, 0.05) is 20.2 Å². The van der Waals surface area contributed by atoms with Crippen molar-refractivity contribution in [2.45, 2.75) is 29.9 Å². The number of benzene rings is 1. The van der Waals surface area contributed by atoms with Crippen molar-refractivity contribution in [1.29, 1.82) is 0 Å². The second-order valence-corrected chi connectivity index (χ2v) is 7.09. The molecule has 0 bridgehead atoms. The Balaban J connectivity index is 2.22. The predicted octanol–water partition coefficient (Wildman–Crippen LogP) is 1.46. The van der Waals surface area contributed by atoms with E-state index in [0.717, 1.165) is 12.8 Å². The highest BCUT2D eigenvalue weighted by molar-refractivity contribution is 7.89. The van der Waals surface area contributed by atoms with Gasteiger partial charge >= 0.3 is 0 Å². The van der Waals surface area contributed by atoms with Gasteiger partial charge in [0.2, 0.25) is 10.0 Å². The maximum Gasteiger partial charge on any atom is 0.243 e. The van der Waals surface area contributed by atoms with Crippen LogP contribution in [0.3, 0.4) is 0 Å². The molecule has 2 rings (SSSR count). The van der Waals surface area contributed by atoms with Gasteiger partial charge in [0.25, 0.3) is 0 Å². The highest BCUT2D eigenvalue weighted by atomic mass is 32.2. The highest BCUT2D eigenvalue weighted by Gasteiger charge is 2.27. The van der Waals surface area contributed by atoms with E-state index in [9.17, 15) is 12.8 Å². The van der Waals surface area contributed by atoms with Gasteiger partial charge in [-0.2, -0.15) is 4.31 Å². The van der Waals surface area contributed by atoms with Gasteiger partial charge in [-0.15, -0.1) is 0 Å². The number of halogens is 1. The van der Waals surface area contributed by atoms with Gasteiger partial charge in [0.15, 0.2) is 0 Å². The SMILES string of the molecule is CO[C@H](c1ccc(S(=O)(=O)N2CCCC2)cc1)[C@H](N)CF. The van der Waals surface area contributed by atoms with Gasteiger partial charge in [-0.05, 0) is 30.5 Å². The molecule has 0 unspecified atom stereocenters. The Kier molecular flexibility index (Phi) is 5.32. The van der Waals surface area contributed by atoms with Crippen molar-refractivity contribution in [3.63, 3.8) is 0 Å². The van der Waals surface area contributed by atoms with Crippen LogP contribution in [-0.2, 0) is 14.8 Å². The van der Waals surface area contributed by atoms with Crippen LogP contribution in [0.25, 0.3) is 0 Å².